The van der Waals surface area contributed by atoms with Gasteiger partial charge < -0.3 is 19.8 Å². The Labute approximate surface area is 109 Å². The van der Waals surface area contributed by atoms with Crippen molar-refractivity contribution < 1.29 is 13.5 Å². The molecule has 19 heavy (non-hydrogen) atoms. The highest BCUT2D eigenvalue weighted by atomic mass is 19.1. The predicted octanol–water partition coefficient (Wildman–Crippen LogP) is 1.29. The fraction of sp³-hybridized carbons (Fsp3) is 0.333. The van der Waals surface area contributed by atoms with Crippen molar-refractivity contribution in [3.05, 3.63) is 24.0 Å². The van der Waals surface area contributed by atoms with Crippen molar-refractivity contribution in [1.82, 2.24) is 10.2 Å². The van der Waals surface area contributed by atoms with Gasteiger partial charge in [0.15, 0.2) is 0 Å². The van der Waals surface area contributed by atoms with E-state index in [2.05, 4.69) is 15.1 Å². The Balaban J connectivity index is 1.89. The number of rotatable bonds is 2. The number of morpholine rings is 1. The Morgan fingerprint density at radius 1 is 1.21 bits per heavy atom. The highest BCUT2D eigenvalue weighted by Gasteiger charge is 2.16. The van der Waals surface area contributed by atoms with Crippen LogP contribution in [-0.4, -0.2) is 36.5 Å². The zero-order chi connectivity index (χ0) is 13.2. The minimum atomic E-state index is -0.410. The summed E-state index contributed by atoms with van der Waals surface area (Å²) in [5.41, 5.74) is 6.40. The van der Waals surface area contributed by atoms with E-state index in [0.717, 1.165) is 18.8 Å². The quantitative estimate of drug-likeness (QED) is 0.880. The van der Waals surface area contributed by atoms with Gasteiger partial charge in [-0.05, 0) is 18.2 Å². The molecule has 0 amide bonds. The van der Waals surface area contributed by atoms with Crippen molar-refractivity contribution >= 4 is 11.7 Å². The first-order valence-electron chi connectivity index (χ1n) is 5.95. The van der Waals surface area contributed by atoms with E-state index in [0.29, 0.717) is 13.2 Å². The van der Waals surface area contributed by atoms with Crippen LogP contribution >= 0.6 is 0 Å². The lowest BCUT2D eigenvalue weighted by Gasteiger charge is -2.28. The number of ether oxygens (including phenoxy) is 1. The first-order valence-corrected chi connectivity index (χ1v) is 5.95. The minimum Gasteiger partial charge on any atom is -0.403 e. The van der Waals surface area contributed by atoms with Gasteiger partial charge in [-0.1, -0.05) is 5.10 Å². The molecular formula is C12H13FN4O2. The predicted molar refractivity (Wildman–Crippen MR) is 67.1 cm³/mol. The van der Waals surface area contributed by atoms with Crippen LogP contribution in [0.3, 0.4) is 0 Å². The number of nitrogens with two attached hydrogens (primary N) is 1. The minimum absolute atomic E-state index is 0.0772. The number of nitrogens with zero attached hydrogens (tertiary/aromatic N) is 3. The number of benzene rings is 1. The summed E-state index contributed by atoms with van der Waals surface area (Å²) in [6, 6.07) is 4.82. The van der Waals surface area contributed by atoms with Gasteiger partial charge in [0.25, 0.3) is 5.89 Å². The topological polar surface area (TPSA) is 77.4 Å². The maximum absolute atomic E-state index is 14.1. The number of halogens is 1. The van der Waals surface area contributed by atoms with Crippen LogP contribution in [0.4, 0.5) is 16.1 Å². The molecule has 2 aromatic rings. The van der Waals surface area contributed by atoms with Gasteiger partial charge in [0.1, 0.15) is 5.82 Å². The Morgan fingerprint density at radius 3 is 2.63 bits per heavy atom. The van der Waals surface area contributed by atoms with Crippen molar-refractivity contribution in [3.8, 4) is 11.5 Å². The average molecular weight is 264 g/mol. The van der Waals surface area contributed by atoms with Crippen LogP contribution in [0.15, 0.2) is 22.6 Å². The van der Waals surface area contributed by atoms with Crippen LogP contribution in [0.2, 0.25) is 0 Å². The van der Waals surface area contributed by atoms with E-state index in [9.17, 15) is 4.39 Å². The summed E-state index contributed by atoms with van der Waals surface area (Å²) in [4.78, 5) is 2.07. The fourth-order valence-electron chi connectivity index (χ4n) is 2.04. The molecule has 6 nitrogen and oxygen atoms in total. The summed E-state index contributed by atoms with van der Waals surface area (Å²) in [5, 5.41) is 7.19. The van der Waals surface area contributed by atoms with E-state index in [-0.39, 0.29) is 17.5 Å². The molecule has 1 aromatic heterocycles. The number of hydrogen-bond acceptors (Lipinski definition) is 6. The molecule has 0 atom stereocenters. The maximum Gasteiger partial charge on any atom is 0.313 e. The highest BCUT2D eigenvalue weighted by molar-refractivity contribution is 5.60. The summed E-state index contributed by atoms with van der Waals surface area (Å²) in [6.07, 6.45) is 0. The lowest BCUT2D eigenvalue weighted by molar-refractivity contribution is 0.122. The van der Waals surface area contributed by atoms with E-state index >= 15 is 0 Å². The molecule has 1 aromatic carbocycles. The molecule has 2 N–H and O–H groups in total. The lowest BCUT2D eigenvalue weighted by Crippen LogP contribution is -2.36. The van der Waals surface area contributed by atoms with Crippen LogP contribution in [0, 0.1) is 5.82 Å². The maximum atomic E-state index is 14.1. The zero-order valence-electron chi connectivity index (χ0n) is 10.2. The Hall–Kier alpha value is -2.15. The Morgan fingerprint density at radius 2 is 2.00 bits per heavy atom. The Bertz CT molecular complexity index is 581. The SMILES string of the molecule is Nc1nnc(-c2ccc(N3CCOCC3)cc2F)o1. The van der Waals surface area contributed by atoms with Crippen LogP contribution in [0.25, 0.3) is 11.5 Å². The first-order chi connectivity index (χ1) is 9.24. The third-order valence-corrected chi connectivity index (χ3v) is 3.00. The highest BCUT2D eigenvalue weighted by Crippen LogP contribution is 2.26. The van der Waals surface area contributed by atoms with E-state index in [1.54, 1.807) is 6.07 Å². The average Bonchev–Trinajstić information content (AvgIpc) is 2.86. The van der Waals surface area contributed by atoms with Gasteiger partial charge in [-0.3, -0.25) is 0 Å². The van der Waals surface area contributed by atoms with Gasteiger partial charge in [-0.25, -0.2) is 4.39 Å². The first kappa shape index (κ1) is 11.9. The molecule has 0 bridgehead atoms. The van der Waals surface area contributed by atoms with Gasteiger partial charge in [-0.15, -0.1) is 5.10 Å². The van der Waals surface area contributed by atoms with E-state index in [1.165, 1.54) is 6.07 Å². The Kier molecular flexibility index (Phi) is 3.04. The molecule has 0 spiro atoms. The molecule has 0 radical (unpaired) electrons. The number of nitrogen functional groups attached to an aromatic ring is 1. The van der Waals surface area contributed by atoms with Crippen molar-refractivity contribution in [1.29, 1.82) is 0 Å². The van der Waals surface area contributed by atoms with Crippen LogP contribution in [0.5, 0.6) is 0 Å². The lowest BCUT2D eigenvalue weighted by atomic mass is 10.1. The van der Waals surface area contributed by atoms with Gasteiger partial charge in [0, 0.05) is 18.8 Å². The number of aromatic nitrogens is 2. The van der Waals surface area contributed by atoms with Gasteiger partial charge in [0.2, 0.25) is 0 Å². The molecule has 0 saturated carbocycles. The molecule has 100 valence electrons. The van der Waals surface area contributed by atoms with Crippen molar-refractivity contribution in [2.45, 2.75) is 0 Å². The molecule has 3 rings (SSSR count). The molecular weight excluding hydrogens is 251 g/mol. The smallest absolute Gasteiger partial charge is 0.313 e. The van der Waals surface area contributed by atoms with E-state index in [1.807, 2.05) is 6.07 Å². The monoisotopic (exact) mass is 264 g/mol. The third-order valence-electron chi connectivity index (χ3n) is 3.00. The second kappa shape index (κ2) is 4.85. The van der Waals surface area contributed by atoms with Gasteiger partial charge in [-0.2, -0.15) is 0 Å². The zero-order valence-corrected chi connectivity index (χ0v) is 10.2. The van der Waals surface area contributed by atoms with Crippen LogP contribution in [0.1, 0.15) is 0 Å². The van der Waals surface area contributed by atoms with Crippen LogP contribution < -0.4 is 10.6 Å². The largest absolute Gasteiger partial charge is 0.403 e. The second-order valence-electron chi connectivity index (χ2n) is 4.21. The van der Waals surface area contributed by atoms with Gasteiger partial charge >= 0.3 is 6.01 Å². The number of hydrogen-bond donors (Lipinski definition) is 1. The normalized spacial score (nSPS) is 15.7. The van der Waals surface area contributed by atoms with Gasteiger partial charge in [0.05, 0.1) is 18.8 Å². The second-order valence-corrected chi connectivity index (χ2v) is 4.21. The molecule has 0 aliphatic carbocycles. The fourth-order valence-corrected chi connectivity index (χ4v) is 2.04. The van der Waals surface area contributed by atoms with Crippen molar-refractivity contribution in [3.63, 3.8) is 0 Å². The molecule has 7 heteroatoms. The molecule has 1 saturated heterocycles. The standard InChI is InChI=1S/C12H13FN4O2/c13-10-7-8(17-3-5-18-6-4-17)1-2-9(10)11-15-16-12(14)19-11/h1-2,7H,3-6H2,(H2,14,16). The van der Waals surface area contributed by atoms with E-state index < -0.39 is 5.82 Å². The molecule has 0 unspecified atom stereocenters. The third kappa shape index (κ3) is 2.37. The van der Waals surface area contributed by atoms with Crippen molar-refractivity contribution in [2.75, 3.05) is 36.9 Å². The van der Waals surface area contributed by atoms with Crippen LogP contribution in [-0.2, 0) is 4.74 Å². The summed E-state index contributed by atoms with van der Waals surface area (Å²) in [5.74, 6) is -0.323. The molecule has 1 fully saturated rings. The van der Waals surface area contributed by atoms with E-state index in [4.69, 9.17) is 14.9 Å². The van der Waals surface area contributed by atoms with Crippen molar-refractivity contribution in [2.24, 2.45) is 0 Å². The molecule has 1 aliphatic heterocycles. The molecule has 1 aliphatic rings. The summed E-state index contributed by atoms with van der Waals surface area (Å²) < 4.78 is 24.4. The summed E-state index contributed by atoms with van der Waals surface area (Å²) >= 11 is 0. The summed E-state index contributed by atoms with van der Waals surface area (Å²) in [7, 11) is 0. The molecule has 2 heterocycles. The number of anilines is 2. The summed E-state index contributed by atoms with van der Waals surface area (Å²) in [6.45, 7) is 2.83.